The first-order valence-electron chi connectivity index (χ1n) is 7.94. The molecule has 13 heteroatoms. The van der Waals surface area contributed by atoms with Crippen LogP contribution in [0.25, 0.3) is 6.08 Å². The van der Waals surface area contributed by atoms with Crippen molar-refractivity contribution >= 4 is 58.2 Å². The van der Waals surface area contributed by atoms with E-state index in [0.29, 0.717) is 0 Å². The maximum atomic E-state index is 12.1. The minimum Gasteiger partial charge on any atom is -0.449 e. The fraction of sp³-hybridized carbons (Fsp3) is 0. The summed E-state index contributed by atoms with van der Waals surface area (Å²) >= 11 is 10.7. The number of hydrogen-bond donors (Lipinski definition) is 2. The van der Waals surface area contributed by atoms with Crippen LogP contribution >= 0.6 is 23.8 Å². The third-order valence-corrected chi connectivity index (χ3v) is 4.22. The Morgan fingerprint density at radius 3 is 2.20 bits per heavy atom. The zero-order valence-corrected chi connectivity index (χ0v) is 16.2. The van der Waals surface area contributed by atoms with Gasteiger partial charge in [-0.2, -0.15) is 0 Å². The molecule has 152 valence electrons. The van der Waals surface area contributed by atoms with Gasteiger partial charge in [0.15, 0.2) is 5.11 Å². The first-order valence-corrected chi connectivity index (χ1v) is 8.73. The van der Waals surface area contributed by atoms with Crippen molar-refractivity contribution in [3.05, 3.63) is 72.8 Å². The van der Waals surface area contributed by atoms with Crippen LogP contribution in [-0.4, -0.2) is 26.8 Å². The number of benzene rings is 2. The molecule has 1 heterocycles. The average molecular weight is 449 g/mol. The van der Waals surface area contributed by atoms with Gasteiger partial charge in [-0.15, -0.1) is 0 Å². The van der Waals surface area contributed by atoms with Crippen molar-refractivity contribution in [3.63, 3.8) is 0 Å². The Hall–Kier alpha value is -3.90. The molecular weight excluding hydrogens is 440 g/mol. The zero-order chi connectivity index (χ0) is 22.0. The molecule has 1 aliphatic heterocycles. The summed E-state index contributed by atoms with van der Waals surface area (Å²) in [5, 5.41) is 26.8. The summed E-state index contributed by atoms with van der Waals surface area (Å²) in [5.74, 6) is -1.78. The van der Waals surface area contributed by atoms with E-state index in [0.717, 1.165) is 18.2 Å². The molecule has 2 N–H and O–H groups in total. The fourth-order valence-corrected chi connectivity index (χ4v) is 2.82. The largest absolute Gasteiger partial charge is 0.449 e. The predicted octanol–water partition coefficient (Wildman–Crippen LogP) is 2.86. The predicted molar refractivity (Wildman–Crippen MR) is 108 cm³/mol. The molecule has 0 bridgehead atoms. The molecule has 2 aromatic carbocycles. The van der Waals surface area contributed by atoms with Crippen LogP contribution in [0.4, 0.5) is 11.4 Å². The van der Waals surface area contributed by atoms with Crippen molar-refractivity contribution in [1.29, 1.82) is 0 Å². The summed E-state index contributed by atoms with van der Waals surface area (Å²) in [7, 11) is 0. The number of nitro groups is 2. The normalized spacial score (nSPS) is 13.4. The molecule has 11 nitrogen and oxygen atoms in total. The summed E-state index contributed by atoms with van der Waals surface area (Å²) < 4.78 is 5.57. The van der Waals surface area contributed by atoms with E-state index in [9.17, 15) is 29.8 Å². The number of nitrogens with zero attached hydrogens (tertiary/aromatic N) is 2. The van der Waals surface area contributed by atoms with E-state index in [1.807, 2.05) is 0 Å². The maximum Gasteiger partial charge on any atom is 0.318 e. The molecule has 1 fully saturated rings. The Labute approximate surface area is 177 Å². The SMILES string of the molecule is O=C1NC(=S)NC(=O)C1=Cc1cc(Cl)ccc1Oc1ccc([N+](=O)[O-])cc1[N+](=O)[O-]. The first-order chi connectivity index (χ1) is 14.2. The van der Waals surface area contributed by atoms with Crippen molar-refractivity contribution in [2.45, 2.75) is 0 Å². The third kappa shape index (κ3) is 4.39. The van der Waals surface area contributed by atoms with Gasteiger partial charge in [-0.25, -0.2) is 0 Å². The molecule has 0 saturated carbocycles. The number of carbonyl (C=O) groups excluding carboxylic acids is 2. The second kappa shape index (κ2) is 8.23. The number of non-ortho nitro benzene ring substituents is 1. The Kier molecular flexibility index (Phi) is 5.71. The quantitative estimate of drug-likeness (QED) is 0.232. The highest BCUT2D eigenvalue weighted by atomic mass is 35.5. The molecule has 0 aliphatic carbocycles. The van der Waals surface area contributed by atoms with Gasteiger partial charge in [0.1, 0.15) is 11.3 Å². The summed E-state index contributed by atoms with van der Waals surface area (Å²) in [5.41, 5.74) is -1.27. The molecular formula is C17H9ClN4O7S. The minimum atomic E-state index is -0.834. The van der Waals surface area contributed by atoms with Crippen molar-refractivity contribution in [2.75, 3.05) is 0 Å². The number of ether oxygens (including phenoxy) is 1. The van der Waals surface area contributed by atoms with Crippen LogP contribution in [0.3, 0.4) is 0 Å². The number of hydrogen-bond acceptors (Lipinski definition) is 8. The zero-order valence-electron chi connectivity index (χ0n) is 14.6. The monoisotopic (exact) mass is 448 g/mol. The van der Waals surface area contributed by atoms with E-state index >= 15 is 0 Å². The third-order valence-electron chi connectivity index (χ3n) is 3.78. The van der Waals surface area contributed by atoms with Crippen LogP contribution < -0.4 is 15.4 Å². The maximum absolute atomic E-state index is 12.1. The molecule has 0 atom stereocenters. The lowest BCUT2D eigenvalue weighted by Gasteiger charge is -2.17. The molecule has 2 aromatic rings. The van der Waals surface area contributed by atoms with E-state index < -0.39 is 33.0 Å². The van der Waals surface area contributed by atoms with Crippen LogP contribution in [0.1, 0.15) is 5.56 Å². The summed E-state index contributed by atoms with van der Waals surface area (Å²) in [6, 6.07) is 7.02. The lowest BCUT2D eigenvalue weighted by Crippen LogP contribution is -2.51. The van der Waals surface area contributed by atoms with E-state index in [-0.39, 0.29) is 32.8 Å². The Morgan fingerprint density at radius 2 is 1.60 bits per heavy atom. The van der Waals surface area contributed by atoms with Crippen molar-refractivity contribution in [3.8, 4) is 11.5 Å². The van der Waals surface area contributed by atoms with Gasteiger partial charge >= 0.3 is 5.69 Å². The molecule has 3 rings (SSSR count). The van der Waals surface area contributed by atoms with Gasteiger partial charge < -0.3 is 4.74 Å². The first kappa shape index (κ1) is 20.8. The average Bonchev–Trinajstić information content (AvgIpc) is 2.66. The minimum absolute atomic E-state index is 0.0117. The molecule has 2 amide bonds. The van der Waals surface area contributed by atoms with E-state index in [1.54, 1.807) is 0 Å². The molecule has 1 saturated heterocycles. The highest BCUT2D eigenvalue weighted by Crippen LogP contribution is 2.37. The van der Waals surface area contributed by atoms with Gasteiger partial charge in [0, 0.05) is 16.7 Å². The number of carbonyl (C=O) groups is 2. The van der Waals surface area contributed by atoms with E-state index in [1.165, 1.54) is 24.3 Å². The molecule has 0 unspecified atom stereocenters. The Morgan fingerprint density at radius 1 is 0.967 bits per heavy atom. The molecule has 0 aromatic heterocycles. The number of halogens is 1. The summed E-state index contributed by atoms with van der Waals surface area (Å²) in [6.07, 6.45) is 1.17. The molecule has 0 spiro atoms. The summed E-state index contributed by atoms with van der Waals surface area (Å²) in [6.45, 7) is 0. The van der Waals surface area contributed by atoms with Gasteiger partial charge in [-0.3, -0.25) is 40.5 Å². The van der Waals surface area contributed by atoms with Crippen LogP contribution in [0.2, 0.25) is 5.02 Å². The number of amides is 2. The smallest absolute Gasteiger partial charge is 0.318 e. The van der Waals surface area contributed by atoms with Gasteiger partial charge in [0.25, 0.3) is 17.5 Å². The Bertz CT molecular complexity index is 1140. The molecule has 30 heavy (non-hydrogen) atoms. The second-order valence-corrected chi connectivity index (χ2v) is 6.59. The summed E-state index contributed by atoms with van der Waals surface area (Å²) in [4.78, 5) is 44.7. The van der Waals surface area contributed by atoms with Crippen LogP contribution in [-0.2, 0) is 9.59 Å². The number of nitrogens with one attached hydrogen (secondary N) is 2. The van der Waals surface area contributed by atoms with Crippen molar-refractivity contribution < 1.29 is 24.2 Å². The molecule has 0 radical (unpaired) electrons. The number of rotatable bonds is 5. The van der Waals surface area contributed by atoms with E-state index in [2.05, 4.69) is 10.6 Å². The van der Waals surface area contributed by atoms with Crippen molar-refractivity contribution in [1.82, 2.24) is 10.6 Å². The highest BCUT2D eigenvalue weighted by Gasteiger charge is 2.27. The van der Waals surface area contributed by atoms with Crippen molar-refractivity contribution in [2.24, 2.45) is 0 Å². The number of nitro benzene ring substituents is 2. The standard InChI is InChI=1S/C17H9ClN4O7S/c18-9-1-3-13(8(5-9)6-11-15(23)19-17(30)20-16(11)24)29-14-4-2-10(21(25)26)7-12(14)22(27)28/h1-7H,(H2,19,20,23,24,30). The topological polar surface area (TPSA) is 154 Å². The van der Waals surface area contributed by atoms with Crippen LogP contribution in [0, 0.1) is 20.2 Å². The lowest BCUT2D eigenvalue weighted by molar-refractivity contribution is -0.394. The van der Waals surface area contributed by atoms with E-state index in [4.69, 9.17) is 28.6 Å². The highest BCUT2D eigenvalue weighted by molar-refractivity contribution is 7.80. The van der Waals surface area contributed by atoms with Gasteiger partial charge in [-0.05, 0) is 42.6 Å². The van der Waals surface area contributed by atoms with Crippen LogP contribution in [0.15, 0.2) is 42.0 Å². The van der Waals surface area contributed by atoms with Gasteiger partial charge in [-0.1, -0.05) is 11.6 Å². The van der Waals surface area contributed by atoms with Crippen LogP contribution in [0.5, 0.6) is 11.5 Å². The molecule has 1 aliphatic rings. The van der Waals surface area contributed by atoms with Gasteiger partial charge in [0.2, 0.25) is 5.75 Å². The second-order valence-electron chi connectivity index (χ2n) is 5.75. The Balaban J connectivity index is 2.05. The lowest BCUT2D eigenvalue weighted by atomic mass is 10.1. The number of thiocarbonyl (C=S) groups is 1. The fourth-order valence-electron chi connectivity index (χ4n) is 2.45. The van der Waals surface area contributed by atoms with Gasteiger partial charge in [0.05, 0.1) is 15.9 Å².